The van der Waals surface area contributed by atoms with Crippen LogP contribution in [0.4, 0.5) is 26.3 Å². The minimum atomic E-state index is -5.12. The molecule has 0 amide bonds. The zero-order valence-corrected chi connectivity index (χ0v) is 20.3. The summed E-state index contributed by atoms with van der Waals surface area (Å²) in [5.74, 6) is -4.10. The molecule has 0 aliphatic rings. The predicted molar refractivity (Wildman–Crippen MR) is 123 cm³/mol. The van der Waals surface area contributed by atoms with E-state index < -0.39 is 66.5 Å². The monoisotopic (exact) mass is 592 g/mol. The number of para-hydroxylation sites is 2. The second kappa shape index (κ2) is 10.6. The Labute approximate surface area is 223 Å². The molecule has 1 atom stereocenters. The van der Waals surface area contributed by atoms with Crippen LogP contribution in [0.3, 0.4) is 0 Å². The zero-order chi connectivity index (χ0) is 29.4. The Kier molecular flexibility index (Phi) is 7.62. The Morgan fingerprint density at radius 2 is 1.68 bits per heavy atom. The van der Waals surface area contributed by atoms with E-state index in [4.69, 9.17) is 11.6 Å². The van der Waals surface area contributed by atoms with Crippen LogP contribution in [0.25, 0.3) is 17.1 Å². The van der Waals surface area contributed by atoms with Gasteiger partial charge in [-0.25, -0.2) is 23.9 Å². The van der Waals surface area contributed by atoms with Gasteiger partial charge in [0.25, 0.3) is 0 Å². The number of aromatic carboxylic acids is 1. The molecule has 0 fully saturated rings. The summed E-state index contributed by atoms with van der Waals surface area (Å²) < 4.78 is 83.4. The van der Waals surface area contributed by atoms with Gasteiger partial charge in [0.15, 0.2) is 23.5 Å². The average molecular weight is 593 g/mol. The molecule has 2 heterocycles. The Hall–Kier alpha value is -4.38. The number of ether oxygens (including phenoxy) is 1. The Balaban J connectivity index is 1.78. The highest BCUT2D eigenvalue weighted by molar-refractivity contribution is 6.30. The molecule has 11 nitrogen and oxygen atoms in total. The summed E-state index contributed by atoms with van der Waals surface area (Å²) in [6, 6.07) is 9.94. The molecule has 0 radical (unpaired) electrons. The highest BCUT2D eigenvalue weighted by atomic mass is 35.5. The number of alkyl halides is 6. The van der Waals surface area contributed by atoms with Gasteiger partial charge in [-0.3, -0.25) is 4.57 Å². The second-order valence-corrected chi connectivity index (χ2v) is 8.46. The van der Waals surface area contributed by atoms with Gasteiger partial charge in [0.1, 0.15) is 12.2 Å². The van der Waals surface area contributed by atoms with Gasteiger partial charge in [0.2, 0.25) is 5.82 Å². The normalized spacial score (nSPS) is 12.9. The SMILES string of the molecule is O=C(O)c1nc(Cn2nc(-c3ccc(Cl)cc3)n(C[C@H](O)C(F)(F)F)c2=O)nn1-c1ccccc1OC(F)(F)F. The summed E-state index contributed by atoms with van der Waals surface area (Å²) >= 11 is 5.85. The van der Waals surface area contributed by atoms with E-state index in [1.807, 2.05) is 0 Å². The fourth-order valence-corrected chi connectivity index (χ4v) is 3.63. The van der Waals surface area contributed by atoms with Crippen LogP contribution in [0, 0.1) is 0 Å². The maximum absolute atomic E-state index is 13.1. The van der Waals surface area contributed by atoms with Crippen molar-refractivity contribution >= 4 is 17.6 Å². The third-order valence-electron chi connectivity index (χ3n) is 5.21. The number of rotatable bonds is 8. The second-order valence-electron chi connectivity index (χ2n) is 8.02. The smallest absolute Gasteiger partial charge is 0.475 e. The molecule has 212 valence electrons. The van der Waals surface area contributed by atoms with E-state index >= 15 is 0 Å². The Bertz CT molecular complexity index is 1600. The summed E-state index contributed by atoms with van der Waals surface area (Å²) in [4.78, 5) is 28.6. The highest BCUT2D eigenvalue weighted by Gasteiger charge is 2.39. The topological polar surface area (TPSA) is 137 Å². The number of hydrogen-bond donors (Lipinski definition) is 2. The number of aliphatic hydroxyl groups is 1. The summed E-state index contributed by atoms with van der Waals surface area (Å²) in [6.07, 6.45) is -13.1. The van der Waals surface area contributed by atoms with Crippen LogP contribution in [0.2, 0.25) is 5.02 Å². The Morgan fingerprint density at radius 1 is 1.02 bits per heavy atom. The maximum Gasteiger partial charge on any atom is 0.573 e. The van der Waals surface area contributed by atoms with Crippen molar-refractivity contribution in [2.45, 2.75) is 31.7 Å². The molecule has 0 unspecified atom stereocenters. The molecule has 0 saturated heterocycles. The molecule has 2 N–H and O–H groups in total. The van der Waals surface area contributed by atoms with Crippen LogP contribution in [0.1, 0.15) is 16.4 Å². The highest BCUT2D eigenvalue weighted by Crippen LogP contribution is 2.29. The van der Waals surface area contributed by atoms with Crippen LogP contribution in [-0.2, 0) is 13.1 Å². The number of aliphatic hydroxyl groups excluding tert-OH is 1. The molecular formula is C22H15ClF6N6O5. The molecule has 0 bridgehead atoms. The first-order valence-corrected chi connectivity index (χ1v) is 11.2. The molecule has 0 saturated carbocycles. The third-order valence-corrected chi connectivity index (χ3v) is 5.46. The third kappa shape index (κ3) is 6.26. The lowest BCUT2D eigenvalue weighted by Crippen LogP contribution is -2.37. The van der Waals surface area contributed by atoms with E-state index in [1.54, 1.807) is 0 Å². The molecule has 40 heavy (non-hydrogen) atoms. The number of carbonyl (C=O) groups is 1. The minimum absolute atomic E-state index is 0.151. The quantitative estimate of drug-likeness (QED) is 0.297. The number of carboxylic acid groups (broad SMARTS) is 1. The number of aromatic nitrogens is 6. The number of benzene rings is 2. The molecule has 2 aromatic heterocycles. The van der Waals surface area contributed by atoms with Crippen LogP contribution >= 0.6 is 11.6 Å². The van der Waals surface area contributed by atoms with Crippen molar-refractivity contribution in [2.24, 2.45) is 0 Å². The fourth-order valence-electron chi connectivity index (χ4n) is 3.50. The number of halogens is 7. The average Bonchev–Trinajstić information content (AvgIpc) is 3.40. The van der Waals surface area contributed by atoms with E-state index in [-0.39, 0.29) is 16.4 Å². The van der Waals surface area contributed by atoms with Gasteiger partial charge in [-0.2, -0.15) is 13.2 Å². The molecule has 4 aromatic rings. The van der Waals surface area contributed by atoms with Crippen molar-refractivity contribution in [3.63, 3.8) is 0 Å². The van der Waals surface area contributed by atoms with E-state index in [1.165, 1.54) is 36.4 Å². The van der Waals surface area contributed by atoms with E-state index in [2.05, 4.69) is 19.9 Å². The summed E-state index contributed by atoms with van der Waals surface area (Å²) in [7, 11) is 0. The standard InChI is InChI=1S/C22H15ClF6N6O5/c23-12-7-5-11(6-8-12)17-32-34(20(39)33(17)9-15(36)21(24,25)26)10-16-30-18(19(37)38)35(31-16)13-3-1-2-4-14(13)40-22(27,28)29/h1-8,15,36H,9-10H2,(H,37,38)/t15-/m0/s1. The van der Waals surface area contributed by atoms with Crippen molar-refractivity contribution in [1.82, 2.24) is 29.1 Å². The molecule has 0 spiro atoms. The minimum Gasteiger partial charge on any atom is -0.475 e. The number of hydrogen-bond acceptors (Lipinski definition) is 7. The first-order chi connectivity index (χ1) is 18.6. The van der Waals surface area contributed by atoms with Gasteiger partial charge in [0.05, 0.1) is 6.54 Å². The van der Waals surface area contributed by atoms with Crippen LogP contribution in [0.15, 0.2) is 53.3 Å². The van der Waals surface area contributed by atoms with Gasteiger partial charge >= 0.3 is 24.2 Å². The van der Waals surface area contributed by atoms with Crippen molar-refractivity contribution in [2.75, 3.05) is 0 Å². The lowest BCUT2D eigenvalue weighted by molar-refractivity contribution is -0.274. The zero-order valence-electron chi connectivity index (χ0n) is 19.6. The molecule has 18 heteroatoms. The first kappa shape index (κ1) is 28.6. The van der Waals surface area contributed by atoms with Crippen molar-refractivity contribution in [3.8, 4) is 22.8 Å². The number of carboxylic acids is 1. The van der Waals surface area contributed by atoms with E-state index in [9.17, 15) is 46.1 Å². The van der Waals surface area contributed by atoms with Crippen LogP contribution in [0.5, 0.6) is 5.75 Å². The number of nitrogens with zero attached hydrogens (tertiary/aromatic N) is 6. The van der Waals surface area contributed by atoms with Gasteiger partial charge in [0, 0.05) is 10.6 Å². The maximum atomic E-state index is 13.1. The van der Waals surface area contributed by atoms with Gasteiger partial charge in [-0.15, -0.1) is 23.4 Å². The Morgan fingerprint density at radius 3 is 2.27 bits per heavy atom. The molecule has 0 aliphatic carbocycles. The molecular weight excluding hydrogens is 578 g/mol. The van der Waals surface area contributed by atoms with E-state index in [0.717, 1.165) is 12.1 Å². The van der Waals surface area contributed by atoms with Gasteiger partial charge in [-0.05, 0) is 36.4 Å². The fraction of sp³-hybridized carbons (Fsp3) is 0.227. The van der Waals surface area contributed by atoms with Gasteiger partial charge in [-0.1, -0.05) is 23.7 Å². The molecule has 2 aromatic carbocycles. The lowest BCUT2D eigenvalue weighted by Gasteiger charge is -2.15. The summed E-state index contributed by atoms with van der Waals surface area (Å²) in [5.41, 5.74) is -1.45. The van der Waals surface area contributed by atoms with Gasteiger partial charge < -0.3 is 14.9 Å². The summed E-state index contributed by atoms with van der Waals surface area (Å²) in [5, 5.41) is 27.3. The predicted octanol–water partition coefficient (Wildman–Crippen LogP) is 3.51. The molecule has 4 rings (SSSR count). The van der Waals surface area contributed by atoms with Crippen molar-refractivity contribution in [3.05, 3.63) is 75.7 Å². The van der Waals surface area contributed by atoms with Crippen LogP contribution in [-0.4, -0.2) is 63.9 Å². The summed E-state index contributed by atoms with van der Waals surface area (Å²) in [6.45, 7) is -1.94. The molecule has 0 aliphatic heterocycles. The largest absolute Gasteiger partial charge is 0.573 e. The first-order valence-electron chi connectivity index (χ1n) is 10.9. The van der Waals surface area contributed by atoms with Crippen LogP contribution < -0.4 is 10.4 Å². The van der Waals surface area contributed by atoms with Crippen molar-refractivity contribution < 1.29 is 46.1 Å². The lowest BCUT2D eigenvalue weighted by atomic mass is 10.2. The van der Waals surface area contributed by atoms with E-state index in [0.29, 0.717) is 13.9 Å². The van der Waals surface area contributed by atoms with Crippen molar-refractivity contribution in [1.29, 1.82) is 0 Å².